The minimum atomic E-state index is -4.64. The number of aliphatic hydroxyl groups is 1. The van der Waals surface area contributed by atoms with E-state index in [2.05, 4.69) is 29.0 Å². The van der Waals surface area contributed by atoms with Crippen LogP contribution in [0.5, 0.6) is 0 Å². The SMILES string of the molecule is CCN(CC)CC(O)CNc1ccnc2cc(Cl)ccc12.O=P(O)(O)O.O=P(O)(O)O. The number of hydrogen-bond acceptors (Lipinski definition) is 6. The number of aliphatic hydroxyl groups excluding tert-OH is 1. The van der Waals surface area contributed by atoms with Crippen molar-refractivity contribution in [1.29, 1.82) is 0 Å². The van der Waals surface area contributed by atoms with Crippen LogP contribution in [0.2, 0.25) is 5.02 Å². The summed E-state index contributed by atoms with van der Waals surface area (Å²) in [5.41, 5.74) is 1.82. The van der Waals surface area contributed by atoms with E-state index < -0.39 is 21.7 Å². The van der Waals surface area contributed by atoms with E-state index in [1.54, 1.807) is 6.20 Å². The third-order valence-corrected chi connectivity index (χ3v) is 3.83. The van der Waals surface area contributed by atoms with Crippen LogP contribution in [0, 0.1) is 0 Å². The van der Waals surface area contributed by atoms with Gasteiger partial charge in [-0.3, -0.25) is 4.98 Å². The Hall–Kier alpha value is -1.14. The Bertz CT molecular complexity index is 853. The minimum Gasteiger partial charge on any atom is -0.390 e. The molecule has 0 saturated carbocycles. The number of phosphoric acid groups is 2. The molecule has 0 spiro atoms. The van der Waals surface area contributed by atoms with E-state index in [1.807, 2.05) is 24.3 Å². The van der Waals surface area contributed by atoms with Gasteiger partial charge >= 0.3 is 15.6 Å². The molecule has 0 saturated heterocycles. The first kappa shape index (κ1) is 29.9. The van der Waals surface area contributed by atoms with Gasteiger partial charge in [0, 0.05) is 35.4 Å². The summed E-state index contributed by atoms with van der Waals surface area (Å²) >= 11 is 5.98. The number of hydrogen-bond donors (Lipinski definition) is 8. The maximum absolute atomic E-state index is 10.1. The molecule has 12 nitrogen and oxygen atoms in total. The lowest BCUT2D eigenvalue weighted by molar-refractivity contribution is 0.128. The number of pyridine rings is 1. The summed E-state index contributed by atoms with van der Waals surface area (Å²) in [6.45, 7) is 7.29. The number of anilines is 1. The number of nitrogens with one attached hydrogen (secondary N) is 1. The monoisotopic (exact) mass is 503 g/mol. The summed E-state index contributed by atoms with van der Waals surface area (Å²) in [7, 11) is -9.28. The highest BCUT2D eigenvalue weighted by molar-refractivity contribution is 7.45. The minimum absolute atomic E-state index is 0.402. The second-order valence-electron chi connectivity index (χ2n) is 6.07. The van der Waals surface area contributed by atoms with E-state index in [9.17, 15) is 5.11 Å². The van der Waals surface area contributed by atoms with E-state index in [1.165, 1.54) is 0 Å². The van der Waals surface area contributed by atoms with Crippen LogP contribution in [0.3, 0.4) is 0 Å². The van der Waals surface area contributed by atoms with Gasteiger partial charge < -0.3 is 44.7 Å². The van der Waals surface area contributed by atoms with Crippen LogP contribution in [0.15, 0.2) is 30.5 Å². The van der Waals surface area contributed by atoms with Crippen LogP contribution in [0.1, 0.15) is 13.8 Å². The summed E-state index contributed by atoms with van der Waals surface area (Å²) in [6, 6.07) is 7.56. The van der Waals surface area contributed by atoms with Crippen molar-refractivity contribution >= 4 is 43.8 Å². The number of rotatable bonds is 7. The summed E-state index contributed by atoms with van der Waals surface area (Å²) in [5.74, 6) is 0. The lowest BCUT2D eigenvalue weighted by Gasteiger charge is -2.22. The quantitative estimate of drug-likeness (QED) is 0.250. The van der Waals surface area contributed by atoms with Gasteiger partial charge in [-0.25, -0.2) is 9.13 Å². The predicted octanol–water partition coefficient (Wildman–Crippen LogP) is 1.15. The highest BCUT2D eigenvalue weighted by atomic mass is 35.5. The molecule has 2 aromatic rings. The van der Waals surface area contributed by atoms with Gasteiger partial charge in [-0.1, -0.05) is 25.4 Å². The molecule has 31 heavy (non-hydrogen) atoms. The summed E-state index contributed by atoms with van der Waals surface area (Å²) in [4.78, 5) is 49.6. The predicted molar refractivity (Wildman–Crippen MR) is 118 cm³/mol. The van der Waals surface area contributed by atoms with E-state index in [0.717, 1.165) is 29.7 Å². The van der Waals surface area contributed by atoms with Crippen LogP contribution in [-0.4, -0.2) is 76.6 Å². The zero-order valence-electron chi connectivity index (χ0n) is 16.9. The van der Waals surface area contributed by atoms with E-state index in [-0.39, 0.29) is 0 Å². The fourth-order valence-electron chi connectivity index (χ4n) is 2.35. The summed E-state index contributed by atoms with van der Waals surface area (Å²) in [6.07, 6.45) is 1.35. The molecule has 0 radical (unpaired) electrons. The molecular formula is C16H28ClN3O9P2. The van der Waals surface area contributed by atoms with Crippen molar-refractivity contribution in [2.24, 2.45) is 0 Å². The van der Waals surface area contributed by atoms with Gasteiger partial charge in [0.25, 0.3) is 0 Å². The van der Waals surface area contributed by atoms with Gasteiger partial charge in [0.1, 0.15) is 0 Å². The Kier molecular flexibility index (Phi) is 13.6. The molecule has 1 unspecified atom stereocenters. The molecule has 0 aliphatic heterocycles. The van der Waals surface area contributed by atoms with Crippen molar-refractivity contribution in [3.63, 3.8) is 0 Å². The average Bonchev–Trinajstić information content (AvgIpc) is 2.61. The Morgan fingerprint density at radius 1 is 1.03 bits per heavy atom. The first-order valence-corrected chi connectivity index (χ1v) is 12.4. The topological polar surface area (TPSA) is 204 Å². The number of halogens is 1. The highest BCUT2D eigenvalue weighted by Gasteiger charge is 2.10. The van der Waals surface area contributed by atoms with Crippen LogP contribution < -0.4 is 5.32 Å². The van der Waals surface area contributed by atoms with E-state index in [4.69, 9.17) is 50.1 Å². The molecular weight excluding hydrogens is 476 g/mol. The van der Waals surface area contributed by atoms with Crippen molar-refractivity contribution in [3.8, 4) is 0 Å². The van der Waals surface area contributed by atoms with Gasteiger partial charge in [-0.05, 0) is 37.4 Å². The number of likely N-dealkylation sites (N-methyl/N-ethyl adjacent to an activating group) is 1. The fraction of sp³-hybridized carbons (Fsp3) is 0.438. The van der Waals surface area contributed by atoms with Gasteiger partial charge in [-0.15, -0.1) is 0 Å². The maximum atomic E-state index is 10.1. The van der Waals surface area contributed by atoms with Crippen LogP contribution in [0.4, 0.5) is 5.69 Å². The molecule has 1 aromatic heterocycles. The van der Waals surface area contributed by atoms with Crippen LogP contribution in [-0.2, 0) is 9.13 Å². The second-order valence-corrected chi connectivity index (χ2v) is 8.56. The first-order chi connectivity index (χ1) is 14.1. The number of fused-ring (bicyclic) bond motifs is 1. The summed E-state index contributed by atoms with van der Waals surface area (Å²) < 4.78 is 17.8. The molecule has 1 heterocycles. The fourth-order valence-corrected chi connectivity index (χ4v) is 2.51. The third kappa shape index (κ3) is 17.1. The third-order valence-electron chi connectivity index (χ3n) is 3.60. The molecule has 0 bridgehead atoms. The highest BCUT2D eigenvalue weighted by Crippen LogP contribution is 2.26. The van der Waals surface area contributed by atoms with Crippen molar-refractivity contribution < 1.29 is 43.6 Å². The van der Waals surface area contributed by atoms with Crippen LogP contribution >= 0.6 is 27.2 Å². The second kappa shape index (κ2) is 14.1. The largest absolute Gasteiger partial charge is 0.466 e. The molecule has 0 aliphatic carbocycles. The van der Waals surface area contributed by atoms with Gasteiger partial charge in [-0.2, -0.15) is 0 Å². The molecule has 1 atom stereocenters. The zero-order chi connectivity index (χ0) is 24.2. The van der Waals surface area contributed by atoms with Crippen molar-refractivity contribution in [2.75, 3.05) is 31.5 Å². The zero-order valence-corrected chi connectivity index (χ0v) is 19.5. The Morgan fingerprint density at radius 3 is 2.03 bits per heavy atom. The van der Waals surface area contributed by atoms with E-state index >= 15 is 0 Å². The number of benzene rings is 1. The Morgan fingerprint density at radius 2 is 1.55 bits per heavy atom. The molecule has 2 rings (SSSR count). The lowest BCUT2D eigenvalue weighted by atomic mass is 10.2. The van der Waals surface area contributed by atoms with Crippen molar-refractivity contribution in [3.05, 3.63) is 35.5 Å². The Balaban J connectivity index is 0.000000752. The molecule has 0 aliphatic rings. The van der Waals surface area contributed by atoms with E-state index in [0.29, 0.717) is 18.1 Å². The van der Waals surface area contributed by atoms with Crippen molar-refractivity contribution in [1.82, 2.24) is 9.88 Å². The molecule has 0 amide bonds. The standard InChI is InChI=1S/C16H22ClN3O.2H3O4P/c1-3-20(4-2)11-13(21)10-19-15-7-8-18-16-9-12(17)5-6-14(15)16;2*1-5(2,3)4/h5-9,13,21H,3-4,10-11H2,1-2H3,(H,18,19);2*(H3,1,2,3,4). The molecule has 1 aromatic carbocycles. The van der Waals surface area contributed by atoms with Crippen LogP contribution in [0.25, 0.3) is 10.9 Å². The maximum Gasteiger partial charge on any atom is 0.466 e. The number of aromatic nitrogens is 1. The first-order valence-electron chi connectivity index (χ1n) is 8.89. The summed E-state index contributed by atoms with van der Waals surface area (Å²) in [5, 5.41) is 15.1. The van der Waals surface area contributed by atoms with Gasteiger partial charge in [0.05, 0.1) is 11.6 Å². The molecule has 8 N–H and O–H groups in total. The van der Waals surface area contributed by atoms with Crippen molar-refractivity contribution in [2.45, 2.75) is 20.0 Å². The average molecular weight is 504 g/mol. The van der Waals surface area contributed by atoms with Gasteiger partial charge in [0.2, 0.25) is 0 Å². The molecule has 0 fully saturated rings. The molecule has 178 valence electrons. The number of nitrogens with zero attached hydrogens (tertiary/aromatic N) is 2. The Labute approximate surface area is 184 Å². The van der Waals surface area contributed by atoms with Gasteiger partial charge in [0.15, 0.2) is 0 Å². The lowest BCUT2D eigenvalue weighted by Crippen LogP contribution is -2.35. The smallest absolute Gasteiger partial charge is 0.390 e. The normalized spacial score (nSPS) is 12.5. The molecule has 15 heteroatoms.